The van der Waals surface area contributed by atoms with E-state index in [4.69, 9.17) is 4.74 Å². The highest BCUT2D eigenvalue weighted by molar-refractivity contribution is 9.10. The third kappa shape index (κ3) is 5.26. The Labute approximate surface area is 159 Å². The Hall–Kier alpha value is -2.99. The van der Waals surface area contributed by atoms with Crippen molar-refractivity contribution in [3.8, 4) is 5.75 Å². The molecule has 1 N–H and O–H groups in total. The molecule has 6 heteroatoms. The minimum Gasteiger partial charge on any atom is -0.489 e. The number of carbonyl (C=O) groups excluding carboxylic acids is 1. The highest BCUT2D eigenvalue weighted by Crippen LogP contribution is 2.16. The van der Waals surface area contributed by atoms with Crippen LogP contribution in [0.25, 0.3) is 0 Å². The Kier molecular flexibility index (Phi) is 6.11. The molecule has 2 aromatic carbocycles. The molecule has 130 valence electrons. The van der Waals surface area contributed by atoms with Crippen LogP contribution in [0.5, 0.6) is 5.75 Å². The highest BCUT2D eigenvalue weighted by atomic mass is 79.9. The van der Waals surface area contributed by atoms with Gasteiger partial charge in [0.2, 0.25) is 0 Å². The number of pyridine rings is 1. The number of hydrogen-bond acceptors (Lipinski definition) is 4. The number of benzene rings is 2. The van der Waals surface area contributed by atoms with E-state index < -0.39 is 0 Å². The fraction of sp³-hybridized carbons (Fsp3) is 0.0500. The lowest BCUT2D eigenvalue weighted by molar-refractivity contribution is 0.0955. The molecule has 3 aromatic rings. The van der Waals surface area contributed by atoms with Gasteiger partial charge in [0.05, 0.1) is 6.21 Å². The molecule has 0 aliphatic rings. The van der Waals surface area contributed by atoms with Crippen LogP contribution in [-0.2, 0) is 6.61 Å². The zero-order chi connectivity index (χ0) is 18.2. The first kappa shape index (κ1) is 17.8. The van der Waals surface area contributed by atoms with Gasteiger partial charge in [-0.3, -0.25) is 9.78 Å². The predicted octanol–water partition coefficient (Wildman–Crippen LogP) is 4.19. The Morgan fingerprint density at radius 1 is 1.12 bits per heavy atom. The van der Waals surface area contributed by atoms with Crippen molar-refractivity contribution in [1.29, 1.82) is 0 Å². The minimum atomic E-state index is -0.283. The average Bonchev–Trinajstić information content (AvgIpc) is 2.68. The van der Waals surface area contributed by atoms with Crippen LogP contribution >= 0.6 is 15.9 Å². The molecular weight excluding hydrogens is 394 g/mol. The largest absolute Gasteiger partial charge is 0.489 e. The molecule has 0 unspecified atom stereocenters. The van der Waals surface area contributed by atoms with Gasteiger partial charge in [-0.25, -0.2) is 5.43 Å². The summed E-state index contributed by atoms with van der Waals surface area (Å²) in [5, 5.41) is 3.94. The van der Waals surface area contributed by atoms with Crippen molar-refractivity contribution in [1.82, 2.24) is 10.4 Å². The summed E-state index contributed by atoms with van der Waals surface area (Å²) in [6.07, 6.45) is 4.89. The lowest BCUT2D eigenvalue weighted by atomic mass is 10.2. The summed E-state index contributed by atoms with van der Waals surface area (Å²) in [5.74, 6) is 0.413. The zero-order valence-electron chi connectivity index (χ0n) is 13.8. The Bertz CT molecular complexity index is 896. The molecule has 0 radical (unpaired) electrons. The molecule has 0 aliphatic heterocycles. The van der Waals surface area contributed by atoms with Gasteiger partial charge in [0.1, 0.15) is 12.4 Å². The molecule has 5 nitrogen and oxygen atoms in total. The number of halogens is 1. The summed E-state index contributed by atoms with van der Waals surface area (Å²) in [4.78, 5) is 16.0. The van der Waals surface area contributed by atoms with Crippen molar-refractivity contribution in [2.45, 2.75) is 6.61 Å². The second kappa shape index (κ2) is 8.92. The Balaban J connectivity index is 1.53. The zero-order valence-corrected chi connectivity index (χ0v) is 15.4. The molecule has 0 atom stereocenters. The topological polar surface area (TPSA) is 63.6 Å². The molecule has 0 spiro atoms. The van der Waals surface area contributed by atoms with Gasteiger partial charge in [-0.1, -0.05) is 28.1 Å². The molecular formula is C20H16BrN3O2. The maximum absolute atomic E-state index is 12.1. The molecule has 1 heterocycles. The summed E-state index contributed by atoms with van der Waals surface area (Å²) >= 11 is 3.43. The molecule has 0 saturated carbocycles. The van der Waals surface area contributed by atoms with Crippen LogP contribution in [0.4, 0.5) is 0 Å². The van der Waals surface area contributed by atoms with E-state index in [9.17, 15) is 4.79 Å². The lowest BCUT2D eigenvalue weighted by Crippen LogP contribution is -2.17. The number of aromatic nitrogens is 1. The van der Waals surface area contributed by atoms with Crippen molar-refractivity contribution in [3.63, 3.8) is 0 Å². The quantitative estimate of drug-likeness (QED) is 0.490. The lowest BCUT2D eigenvalue weighted by Gasteiger charge is -2.07. The summed E-state index contributed by atoms with van der Waals surface area (Å²) < 4.78 is 6.74. The number of hydrogen-bond donors (Lipinski definition) is 1. The second-order valence-electron chi connectivity index (χ2n) is 5.42. The van der Waals surface area contributed by atoms with E-state index in [1.807, 2.05) is 24.3 Å². The summed E-state index contributed by atoms with van der Waals surface area (Å²) in [7, 11) is 0. The van der Waals surface area contributed by atoms with Gasteiger partial charge >= 0.3 is 0 Å². The monoisotopic (exact) mass is 409 g/mol. The van der Waals surface area contributed by atoms with E-state index in [1.165, 1.54) is 0 Å². The third-order valence-corrected chi connectivity index (χ3v) is 3.99. The van der Waals surface area contributed by atoms with Gasteiger partial charge in [0.25, 0.3) is 5.91 Å². The van der Waals surface area contributed by atoms with Crippen LogP contribution in [0.15, 0.2) is 82.6 Å². The van der Waals surface area contributed by atoms with Crippen molar-refractivity contribution in [2.24, 2.45) is 5.10 Å². The fourth-order valence-electron chi connectivity index (χ4n) is 2.18. The third-order valence-electron chi connectivity index (χ3n) is 3.50. The smallest absolute Gasteiger partial charge is 0.271 e. The van der Waals surface area contributed by atoms with Crippen molar-refractivity contribution in [3.05, 3.63) is 94.2 Å². The first-order chi connectivity index (χ1) is 12.7. The fourth-order valence-corrected chi connectivity index (χ4v) is 2.62. The van der Waals surface area contributed by atoms with Crippen LogP contribution in [-0.4, -0.2) is 17.1 Å². The minimum absolute atomic E-state index is 0.283. The van der Waals surface area contributed by atoms with E-state index in [0.29, 0.717) is 17.9 Å². The van der Waals surface area contributed by atoms with E-state index in [1.54, 1.807) is 55.0 Å². The first-order valence-electron chi connectivity index (χ1n) is 7.91. The number of amides is 1. The molecule has 26 heavy (non-hydrogen) atoms. The van der Waals surface area contributed by atoms with Crippen molar-refractivity contribution in [2.75, 3.05) is 0 Å². The number of nitrogens with zero attached hydrogens (tertiary/aromatic N) is 2. The number of rotatable bonds is 6. The summed E-state index contributed by atoms with van der Waals surface area (Å²) in [6.45, 7) is 0.460. The van der Waals surface area contributed by atoms with Gasteiger partial charge < -0.3 is 4.74 Å². The van der Waals surface area contributed by atoms with Crippen LogP contribution in [0.3, 0.4) is 0 Å². The van der Waals surface area contributed by atoms with Crippen LogP contribution in [0.1, 0.15) is 21.5 Å². The predicted molar refractivity (Wildman–Crippen MR) is 104 cm³/mol. The van der Waals surface area contributed by atoms with Crippen LogP contribution in [0.2, 0.25) is 0 Å². The van der Waals surface area contributed by atoms with Crippen molar-refractivity contribution >= 4 is 28.1 Å². The molecule has 0 saturated heterocycles. The van der Waals surface area contributed by atoms with Crippen LogP contribution in [0, 0.1) is 0 Å². The number of carbonyl (C=O) groups is 1. The second-order valence-corrected chi connectivity index (χ2v) is 6.34. The Morgan fingerprint density at radius 2 is 1.88 bits per heavy atom. The van der Waals surface area contributed by atoms with E-state index in [0.717, 1.165) is 15.6 Å². The molecule has 3 rings (SSSR count). The average molecular weight is 410 g/mol. The molecule has 0 fully saturated rings. The van der Waals surface area contributed by atoms with E-state index in [-0.39, 0.29) is 5.91 Å². The maximum atomic E-state index is 12.1. The normalized spacial score (nSPS) is 10.7. The number of hydrazone groups is 1. The van der Waals surface area contributed by atoms with Gasteiger partial charge in [0, 0.05) is 22.4 Å². The molecule has 0 bridgehead atoms. The van der Waals surface area contributed by atoms with Gasteiger partial charge in [-0.2, -0.15) is 5.10 Å². The van der Waals surface area contributed by atoms with E-state index in [2.05, 4.69) is 31.4 Å². The molecule has 1 amide bonds. The molecule has 0 aliphatic carbocycles. The summed E-state index contributed by atoms with van der Waals surface area (Å²) in [6, 6.07) is 18.5. The standard InChI is InChI=1S/C20H16BrN3O2/c21-18-3-1-2-16(12-18)14-26-19-6-4-17(5-7-19)20(25)24-23-13-15-8-10-22-11-9-15/h1-13H,14H2,(H,24,25)/b23-13-. The molecule has 1 aromatic heterocycles. The van der Waals surface area contributed by atoms with E-state index >= 15 is 0 Å². The first-order valence-corrected chi connectivity index (χ1v) is 8.71. The Morgan fingerprint density at radius 3 is 2.62 bits per heavy atom. The van der Waals surface area contributed by atoms with Crippen LogP contribution < -0.4 is 10.2 Å². The number of ether oxygens (including phenoxy) is 1. The van der Waals surface area contributed by atoms with Gasteiger partial charge in [-0.15, -0.1) is 0 Å². The maximum Gasteiger partial charge on any atom is 0.271 e. The summed E-state index contributed by atoms with van der Waals surface area (Å²) in [5.41, 5.74) is 4.92. The number of nitrogens with one attached hydrogen (secondary N) is 1. The highest BCUT2D eigenvalue weighted by Gasteiger charge is 2.04. The van der Waals surface area contributed by atoms with Gasteiger partial charge in [-0.05, 0) is 59.7 Å². The van der Waals surface area contributed by atoms with Crippen molar-refractivity contribution < 1.29 is 9.53 Å². The van der Waals surface area contributed by atoms with Gasteiger partial charge in [0.15, 0.2) is 0 Å². The SMILES string of the molecule is O=C(N/N=C\c1ccncc1)c1ccc(OCc2cccc(Br)c2)cc1.